The van der Waals surface area contributed by atoms with Crippen molar-refractivity contribution >= 4 is 28.1 Å². The van der Waals surface area contributed by atoms with E-state index in [9.17, 15) is 4.79 Å². The fourth-order valence-corrected chi connectivity index (χ4v) is 3.47. The van der Waals surface area contributed by atoms with Crippen LogP contribution in [0.15, 0.2) is 29.1 Å². The molecule has 0 fully saturated rings. The van der Waals surface area contributed by atoms with Crippen LogP contribution in [-0.4, -0.2) is 27.7 Å². The number of benzene rings is 1. The van der Waals surface area contributed by atoms with E-state index in [0.29, 0.717) is 15.3 Å². The average molecular weight is 314 g/mol. The molecule has 0 bridgehead atoms. The molecule has 5 nitrogen and oxygen atoms in total. The molecule has 0 aliphatic heterocycles. The fraction of sp³-hybridized carbons (Fsp3) is 0.312. The Balaban J connectivity index is 2.00. The molecule has 6 heteroatoms. The largest absolute Gasteiger partial charge is 0.372 e. The average Bonchev–Trinajstić information content (AvgIpc) is 3.04. The number of fused-ring (bicyclic) bond motifs is 1. The SMILES string of the molecule is CCN(CC)c1ccc(/C=c2/sc3nnc(C)n3c2=O)cc1. The van der Waals surface area contributed by atoms with E-state index in [4.69, 9.17) is 0 Å². The van der Waals surface area contributed by atoms with Crippen molar-refractivity contribution in [3.8, 4) is 0 Å². The zero-order chi connectivity index (χ0) is 15.7. The van der Waals surface area contributed by atoms with Gasteiger partial charge in [0, 0.05) is 18.8 Å². The molecular formula is C16H18N4OS. The van der Waals surface area contributed by atoms with E-state index < -0.39 is 0 Å². The molecule has 0 spiro atoms. The normalized spacial score (nSPS) is 12.2. The third kappa shape index (κ3) is 2.50. The first-order valence-corrected chi connectivity index (χ1v) is 8.17. The number of nitrogens with zero attached hydrogens (tertiary/aromatic N) is 4. The number of anilines is 1. The smallest absolute Gasteiger partial charge is 0.275 e. The number of thiazole rings is 1. The van der Waals surface area contributed by atoms with E-state index in [1.807, 2.05) is 18.2 Å². The van der Waals surface area contributed by atoms with Gasteiger partial charge >= 0.3 is 0 Å². The van der Waals surface area contributed by atoms with E-state index in [-0.39, 0.29) is 5.56 Å². The minimum atomic E-state index is -0.0460. The molecule has 0 radical (unpaired) electrons. The number of aromatic nitrogens is 3. The summed E-state index contributed by atoms with van der Waals surface area (Å²) in [5.41, 5.74) is 2.17. The molecule has 0 aliphatic carbocycles. The lowest BCUT2D eigenvalue weighted by Gasteiger charge is -2.20. The summed E-state index contributed by atoms with van der Waals surface area (Å²) in [4.78, 5) is 15.3. The number of hydrogen-bond acceptors (Lipinski definition) is 5. The second-order valence-electron chi connectivity index (χ2n) is 5.04. The van der Waals surface area contributed by atoms with Gasteiger partial charge in [-0.05, 0) is 44.5 Å². The van der Waals surface area contributed by atoms with Crippen LogP contribution in [0.4, 0.5) is 5.69 Å². The van der Waals surface area contributed by atoms with Crippen molar-refractivity contribution < 1.29 is 0 Å². The molecule has 0 N–H and O–H groups in total. The molecule has 0 atom stereocenters. The van der Waals surface area contributed by atoms with Gasteiger partial charge in [0.1, 0.15) is 5.82 Å². The summed E-state index contributed by atoms with van der Waals surface area (Å²) in [6.45, 7) is 8.05. The van der Waals surface area contributed by atoms with Crippen LogP contribution in [0, 0.1) is 6.92 Å². The molecule has 0 saturated carbocycles. The zero-order valence-electron chi connectivity index (χ0n) is 12.9. The van der Waals surface area contributed by atoms with E-state index in [2.05, 4.69) is 41.1 Å². The van der Waals surface area contributed by atoms with Crippen molar-refractivity contribution in [3.05, 3.63) is 50.5 Å². The standard InChI is InChI=1S/C16H18N4OS/c1-4-19(5-2)13-8-6-12(7-9-13)10-14-15(21)20-11(3)17-18-16(20)22-14/h6-10H,4-5H2,1-3H3/b14-10+. The van der Waals surface area contributed by atoms with Gasteiger partial charge in [-0.25, -0.2) is 4.40 Å². The van der Waals surface area contributed by atoms with Crippen LogP contribution in [-0.2, 0) is 0 Å². The molecule has 0 saturated heterocycles. The lowest BCUT2D eigenvalue weighted by Crippen LogP contribution is -2.23. The van der Waals surface area contributed by atoms with Gasteiger partial charge in [-0.1, -0.05) is 23.5 Å². The van der Waals surface area contributed by atoms with Gasteiger partial charge in [0.2, 0.25) is 4.96 Å². The van der Waals surface area contributed by atoms with E-state index >= 15 is 0 Å². The van der Waals surface area contributed by atoms with Crippen LogP contribution in [0.2, 0.25) is 0 Å². The molecule has 3 rings (SSSR count). The highest BCUT2D eigenvalue weighted by atomic mass is 32.1. The Hall–Kier alpha value is -2.21. The molecule has 1 aromatic carbocycles. The van der Waals surface area contributed by atoms with Crippen molar-refractivity contribution in [2.45, 2.75) is 20.8 Å². The molecule has 0 amide bonds. The van der Waals surface area contributed by atoms with Crippen LogP contribution in [0.5, 0.6) is 0 Å². The second-order valence-corrected chi connectivity index (χ2v) is 6.05. The molecule has 0 unspecified atom stereocenters. The van der Waals surface area contributed by atoms with Crippen molar-refractivity contribution in [3.63, 3.8) is 0 Å². The fourth-order valence-electron chi connectivity index (χ4n) is 2.51. The quantitative estimate of drug-likeness (QED) is 0.737. The second kappa shape index (κ2) is 5.88. The number of hydrogen-bond donors (Lipinski definition) is 0. The highest BCUT2D eigenvalue weighted by Gasteiger charge is 2.08. The monoisotopic (exact) mass is 314 g/mol. The van der Waals surface area contributed by atoms with Crippen LogP contribution in [0.1, 0.15) is 25.2 Å². The lowest BCUT2D eigenvalue weighted by atomic mass is 10.2. The van der Waals surface area contributed by atoms with Gasteiger partial charge in [-0.2, -0.15) is 0 Å². The minimum absolute atomic E-state index is 0.0460. The van der Waals surface area contributed by atoms with Crippen LogP contribution < -0.4 is 15.0 Å². The Morgan fingerprint density at radius 2 is 1.86 bits per heavy atom. The maximum absolute atomic E-state index is 12.3. The topological polar surface area (TPSA) is 50.5 Å². The maximum Gasteiger partial charge on any atom is 0.275 e. The molecule has 2 heterocycles. The van der Waals surface area contributed by atoms with Gasteiger partial charge in [-0.15, -0.1) is 10.2 Å². The summed E-state index contributed by atoms with van der Waals surface area (Å²) in [6.07, 6.45) is 1.91. The predicted molar refractivity (Wildman–Crippen MR) is 90.7 cm³/mol. The van der Waals surface area contributed by atoms with Gasteiger partial charge in [-0.3, -0.25) is 4.79 Å². The Kier molecular flexibility index (Phi) is 3.94. The molecule has 22 heavy (non-hydrogen) atoms. The minimum Gasteiger partial charge on any atom is -0.372 e. The number of rotatable bonds is 4. The Bertz CT molecular complexity index is 891. The van der Waals surface area contributed by atoms with E-state index in [1.54, 1.807) is 11.3 Å². The highest BCUT2D eigenvalue weighted by molar-refractivity contribution is 7.15. The molecular weight excluding hydrogens is 296 g/mol. The van der Waals surface area contributed by atoms with Crippen molar-refractivity contribution in [1.82, 2.24) is 14.6 Å². The summed E-state index contributed by atoms with van der Waals surface area (Å²) in [7, 11) is 0. The van der Waals surface area contributed by atoms with Crippen LogP contribution in [0.3, 0.4) is 0 Å². The maximum atomic E-state index is 12.3. The van der Waals surface area contributed by atoms with Gasteiger partial charge in [0.05, 0.1) is 4.53 Å². The third-order valence-electron chi connectivity index (χ3n) is 3.73. The summed E-state index contributed by atoms with van der Waals surface area (Å²) >= 11 is 1.37. The third-order valence-corrected chi connectivity index (χ3v) is 4.69. The Labute approximate surface area is 132 Å². The summed E-state index contributed by atoms with van der Waals surface area (Å²) in [5, 5.41) is 7.92. The molecule has 114 valence electrons. The zero-order valence-corrected chi connectivity index (χ0v) is 13.7. The van der Waals surface area contributed by atoms with Crippen molar-refractivity contribution in [1.29, 1.82) is 0 Å². The van der Waals surface area contributed by atoms with Crippen molar-refractivity contribution in [2.75, 3.05) is 18.0 Å². The molecule has 0 aliphatic rings. The molecule has 2 aromatic heterocycles. The van der Waals surface area contributed by atoms with Crippen LogP contribution >= 0.6 is 11.3 Å². The molecule has 3 aromatic rings. The lowest BCUT2D eigenvalue weighted by molar-refractivity contribution is 0.866. The van der Waals surface area contributed by atoms with Crippen LogP contribution in [0.25, 0.3) is 11.0 Å². The highest BCUT2D eigenvalue weighted by Crippen LogP contribution is 2.15. The number of aryl methyl sites for hydroxylation is 1. The summed E-state index contributed by atoms with van der Waals surface area (Å²) in [6, 6.07) is 8.27. The van der Waals surface area contributed by atoms with Gasteiger partial charge in [0.15, 0.2) is 0 Å². The first kappa shape index (κ1) is 14.7. The first-order valence-electron chi connectivity index (χ1n) is 7.35. The summed E-state index contributed by atoms with van der Waals surface area (Å²) < 4.78 is 2.24. The first-order chi connectivity index (χ1) is 10.6. The van der Waals surface area contributed by atoms with Gasteiger partial charge in [0.25, 0.3) is 5.56 Å². The Morgan fingerprint density at radius 1 is 1.18 bits per heavy atom. The van der Waals surface area contributed by atoms with E-state index in [1.165, 1.54) is 17.0 Å². The summed E-state index contributed by atoms with van der Waals surface area (Å²) in [5.74, 6) is 0.632. The predicted octanol–water partition coefficient (Wildman–Crippen LogP) is 1.85. The van der Waals surface area contributed by atoms with E-state index in [0.717, 1.165) is 18.7 Å². The van der Waals surface area contributed by atoms with Gasteiger partial charge < -0.3 is 4.90 Å². The Morgan fingerprint density at radius 3 is 2.45 bits per heavy atom. The van der Waals surface area contributed by atoms with Crippen molar-refractivity contribution in [2.24, 2.45) is 0 Å².